The van der Waals surface area contributed by atoms with E-state index < -0.39 is 30.1 Å². The molecular weight excluding hydrogens is 420 g/mol. The van der Waals surface area contributed by atoms with Crippen LogP contribution >= 0.6 is 0 Å². The van der Waals surface area contributed by atoms with Gasteiger partial charge in [0.1, 0.15) is 12.6 Å². The fourth-order valence-corrected chi connectivity index (χ4v) is 3.99. The summed E-state index contributed by atoms with van der Waals surface area (Å²) in [6, 6.07) is 14.6. The second-order valence-corrected chi connectivity index (χ2v) is 7.87. The lowest BCUT2D eigenvalue weighted by atomic mass is 9.98. The standard InChI is InChI=1S/C26H28N2O5/c1-3-5-14-23(25(30)31)28-24(29)15-17(4-2)27-26(32)33-16-22-20-12-8-6-10-18(20)19-11-7-9-13-21(19)22/h6-13,17,22-23H,4,14-16H2,1-2H3,(H,27,32)(H,28,29)(H,30,31)/t17-,23?/m0/s1. The number of amides is 2. The second kappa shape index (κ2) is 11.2. The summed E-state index contributed by atoms with van der Waals surface area (Å²) in [4.78, 5) is 36.1. The number of fused-ring (bicyclic) bond motifs is 3. The van der Waals surface area contributed by atoms with Gasteiger partial charge in [0, 0.05) is 24.8 Å². The maximum absolute atomic E-state index is 12.5. The molecule has 0 aliphatic heterocycles. The molecule has 0 saturated carbocycles. The first-order valence-corrected chi connectivity index (χ1v) is 11.0. The molecular formula is C26H28N2O5. The van der Waals surface area contributed by atoms with Gasteiger partial charge in [0.25, 0.3) is 0 Å². The van der Waals surface area contributed by atoms with Crippen molar-refractivity contribution >= 4 is 18.0 Å². The SMILES string of the molecule is CC#CCC(NC(=O)C[C@H](CC)NC(=O)OCC1c2ccccc2-c2ccccc21)C(=O)O. The topological polar surface area (TPSA) is 105 Å². The maximum Gasteiger partial charge on any atom is 0.407 e. The Morgan fingerprint density at radius 1 is 1.03 bits per heavy atom. The molecule has 0 heterocycles. The van der Waals surface area contributed by atoms with Gasteiger partial charge in [-0.3, -0.25) is 4.79 Å². The van der Waals surface area contributed by atoms with Gasteiger partial charge in [0.15, 0.2) is 0 Å². The van der Waals surface area contributed by atoms with E-state index in [2.05, 4.69) is 34.6 Å². The van der Waals surface area contributed by atoms with Gasteiger partial charge < -0.3 is 20.5 Å². The number of carbonyl (C=O) groups excluding carboxylic acids is 2. The molecule has 33 heavy (non-hydrogen) atoms. The van der Waals surface area contributed by atoms with E-state index in [0.717, 1.165) is 22.3 Å². The highest BCUT2D eigenvalue weighted by molar-refractivity contribution is 5.84. The Bertz CT molecular complexity index is 1040. The van der Waals surface area contributed by atoms with E-state index in [9.17, 15) is 19.5 Å². The Balaban J connectivity index is 1.56. The minimum atomic E-state index is -1.15. The number of benzene rings is 2. The van der Waals surface area contributed by atoms with Crippen molar-refractivity contribution < 1.29 is 24.2 Å². The third-order valence-corrected chi connectivity index (χ3v) is 5.71. The quantitative estimate of drug-likeness (QED) is 0.508. The fourth-order valence-electron chi connectivity index (χ4n) is 3.99. The predicted molar refractivity (Wildman–Crippen MR) is 125 cm³/mol. The van der Waals surface area contributed by atoms with Crippen LogP contribution in [0.5, 0.6) is 0 Å². The number of ether oxygens (including phenoxy) is 1. The van der Waals surface area contributed by atoms with Crippen molar-refractivity contribution in [2.75, 3.05) is 6.61 Å². The van der Waals surface area contributed by atoms with Crippen molar-refractivity contribution in [2.45, 2.75) is 51.1 Å². The summed E-state index contributed by atoms with van der Waals surface area (Å²) in [5.41, 5.74) is 4.53. The van der Waals surface area contributed by atoms with E-state index >= 15 is 0 Å². The molecule has 1 aliphatic carbocycles. The number of aliphatic carboxylic acids is 1. The largest absolute Gasteiger partial charge is 0.480 e. The smallest absolute Gasteiger partial charge is 0.407 e. The molecule has 7 nitrogen and oxygen atoms in total. The zero-order chi connectivity index (χ0) is 23.8. The molecule has 2 amide bonds. The van der Waals surface area contributed by atoms with Gasteiger partial charge in [0.2, 0.25) is 5.91 Å². The van der Waals surface area contributed by atoms with Gasteiger partial charge in [-0.2, -0.15) is 0 Å². The lowest BCUT2D eigenvalue weighted by molar-refractivity contribution is -0.141. The van der Waals surface area contributed by atoms with Crippen LogP contribution in [0.15, 0.2) is 48.5 Å². The molecule has 0 fully saturated rings. The highest BCUT2D eigenvalue weighted by atomic mass is 16.5. The zero-order valence-electron chi connectivity index (χ0n) is 18.8. The molecule has 2 atom stereocenters. The summed E-state index contributed by atoms with van der Waals surface area (Å²) < 4.78 is 5.53. The molecule has 0 aromatic heterocycles. The van der Waals surface area contributed by atoms with Gasteiger partial charge in [-0.1, -0.05) is 55.5 Å². The zero-order valence-corrected chi connectivity index (χ0v) is 18.8. The number of hydrogen-bond donors (Lipinski definition) is 3. The normalized spacial score (nSPS) is 13.5. The number of rotatable bonds is 9. The Kier molecular flexibility index (Phi) is 8.09. The Labute approximate surface area is 193 Å². The highest BCUT2D eigenvalue weighted by Crippen LogP contribution is 2.44. The molecule has 1 aliphatic rings. The van der Waals surface area contributed by atoms with Gasteiger partial charge in [0.05, 0.1) is 0 Å². The van der Waals surface area contributed by atoms with Crippen LogP contribution in [-0.2, 0) is 14.3 Å². The van der Waals surface area contributed by atoms with Crippen LogP contribution in [-0.4, -0.2) is 41.8 Å². The molecule has 3 rings (SSSR count). The van der Waals surface area contributed by atoms with Crippen molar-refractivity contribution in [1.29, 1.82) is 0 Å². The summed E-state index contributed by atoms with van der Waals surface area (Å²) in [5.74, 6) is 3.60. The lowest BCUT2D eigenvalue weighted by Crippen LogP contribution is -2.44. The molecule has 0 radical (unpaired) electrons. The number of carboxylic acid groups (broad SMARTS) is 1. The van der Waals surface area contributed by atoms with Crippen LogP contribution < -0.4 is 10.6 Å². The lowest BCUT2D eigenvalue weighted by Gasteiger charge is -2.19. The monoisotopic (exact) mass is 448 g/mol. The van der Waals surface area contributed by atoms with Crippen LogP contribution in [0.2, 0.25) is 0 Å². The van der Waals surface area contributed by atoms with E-state index in [-0.39, 0.29) is 25.4 Å². The summed E-state index contributed by atoms with van der Waals surface area (Å²) in [6.07, 6.45) is -0.148. The average molecular weight is 449 g/mol. The van der Waals surface area contributed by atoms with E-state index in [0.29, 0.717) is 6.42 Å². The number of hydrogen-bond acceptors (Lipinski definition) is 4. The molecule has 0 bridgehead atoms. The number of carboxylic acids is 1. The second-order valence-electron chi connectivity index (χ2n) is 7.87. The van der Waals surface area contributed by atoms with Gasteiger partial charge >= 0.3 is 12.1 Å². The van der Waals surface area contributed by atoms with Crippen molar-refractivity contribution in [3.05, 3.63) is 59.7 Å². The van der Waals surface area contributed by atoms with Crippen LogP contribution in [0.1, 0.15) is 50.2 Å². The van der Waals surface area contributed by atoms with Crippen LogP contribution in [0.25, 0.3) is 11.1 Å². The third-order valence-electron chi connectivity index (χ3n) is 5.71. The van der Waals surface area contributed by atoms with Gasteiger partial charge in [-0.05, 0) is 35.6 Å². The maximum atomic E-state index is 12.5. The molecule has 2 aromatic carbocycles. The fraction of sp³-hybridized carbons (Fsp3) is 0.346. The number of nitrogens with one attached hydrogen (secondary N) is 2. The molecule has 3 N–H and O–H groups in total. The highest BCUT2D eigenvalue weighted by Gasteiger charge is 2.29. The van der Waals surface area contributed by atoms with E-state index in [4.69, 9.17) is 4.74 Å². The minimum absolute atomic E-state index is 0.0220. The number of carbonyl (C=O) groups is 3. The van der Waals surface area contributed by atoms with E-state index in [1.165, 1.54) is 0 Å². The van der Waals surface area contributed by atoms with Crippen molar-refractivity contribution in [3.63, 3.8) is 0 Å². The van der Waals surface area contributed by atoms with Gasteiger partial charge in [-0.25, -0.2) is 9.59 Å². The molecule has 0 spiro atoms. The van der Waals surface area contributed by atoms with Crippen LogP contribution in [0.3, 0.4) is 0 Å². The van der Waals surface area contributed by atoms with E-state index in [1.807, 2.05) is 43.3 Å². The van der Waals surface area contributed by atoms with Gasteiger partial charge in [-0.15, -0.1) is 11.8 Å². The van der Waals surface area contributed by atoms with Crippen LogP contribution in [0, 0.1) is 11.8 Å². The minimum Gasteiger partial charge on any atom is -0.480 e. The first kappa shape index (κ1) is 23.9. The molecule has 2 aromatic rings. The van der Waals surface area contributed by atoms with Crippen molar-refractivity contribution in [1.82, 2.24) is 10.6 Å². The molecule has 7 heteroatoms. The predicted octanol–water partition coefficient (Wildman–Crippen LogP) is 3.68. The van der Waals surface area contributed by atoms with Crippen molar-refractivity contribution in [2.24, 2.45) is 0 Å². The Morgan fingerprint density at radius 3 is 2.18 bits per heavy atom. The molecule has 172 valence electrons. The number of alkyl carbamates (subject to hydrolysis) is 1. The first-order valence-electron chi connectivity index (χ1n) is 11.0. The Morgan fingerprint density at radius 2 is 1.64 bits per heavy atom. The summed E-state index contributed by atoms with van der Waals surface area (Å²) >= 11 is 0. The third kappa shape index (κ3) is 5.92. The molecule has 0 saturated heterocycles. The first-order chi connectivity index (χ1) is 15.9. The Hall–Kier alpha value is -3.79. The summed E-state index contributed by atoms with van der Waals surface area (Å²) in [7, 11) is 0. The van der Waals surface area contributed by atoms with Crippen LogP contribution in [0.4, 0.5) is 4.79 Å². The van der Waals surface area contributed by atoms with E-state index in [1.54, 1.807) is 6.92 Å². The summed E-state index contributed by atoms with van der Waals surface area (Å²) in [6.45, 7) is 3.62. The molecule has 1 unspecified atom stereocenters. The van der Waals surface area contributed by atoms with Crippen molar-refractivity contribution in [3.8, 4) is 23.0 Å². The average Bonchev–Trinajstić information content (AvgIpc) is 3.13. The summed E-state index contributed by atoms with van der Waals surface area (Å²) in [5, 5.41) is 14.4.